The lowest BCUT2D eigenvalue weighted by Crippen LogP contribution is -2.49. The molecule has 1 N–H and O–H groups in total. The molecule has 1 atom stereocenters. The molecule has 1 saturated heterocycles. The topological polar surface area (TPSA) is 15.3 Å². The van der Waals surface area contributed by atoms with Gasteiger partial charge in [0.1, 0.15) is 0 Å². The van der Waals surface area contributed by atoms with Gasteiger partial charge in [0.25, 0.3) is 0 Å². The summed E-state index contributed by atoms with van der Waals surface area (Å²) in [5.41, 5.74) is 0. The molecule has 2 fully saturated rings. The Morgan fingerprint density at radius 2 is 2.27 bits per heavy atom. The van der Waals surface area contributed by atoms with Gasteiger partial charge < -0.3 is 10.2 Å². The maximum atomic E-state index is 3.46. The molecule has 0 spiro atoms. The van der Waals surface area contributed by atoms with Crippen LogP contribution in [0.5, 0.6) is 0 Å². The second kappa shape index (κ2) is 3.11. The number of rotatable bonds is 2. The van der Waals surface area contributed by atoms with E-state index in [9.17, 15) is 0 Å². The molecule has 0 aromatic rings. The molecular formula is C9H18N2. The lowest BCUT2D eigenvalue weighted by molar-refractivity contribution is 0.200. The third-order valence-corrected chi connectivity index (χ3v) is 2.67. The molecule has 2 heteroatoms. The molecule has 1 aliphatic heterocycles. The van der Waals surface area contributed by atoms with Gasteiger partial charge >= 0.3 is 0 Å². The molecule has 0 bridgehead atoms. The van der Waals surface area contributed by atoms with Crippen molar-refractivity contribution in [1.29, 1.82) is 0 Å². The second-order valence-electron chi connectivity index (χ2n) is 4.06. The Morgan fingerprint density at radius 1 is 1.45 bits per heavy atom. The highest BCUT2D eigenvalue weighted by molar-refractivity contribution is 4.81. The Labute approximate surface area is 69.0 Å². The van der Waals surface area contributed by atoms with Gasteiger partial charge in [0.2, 0.25) is 0 Å². The quantitative estimate of drug-likeness (QED) is 0.629. The number of piperazine rings is 1. The third kappa shape index (κ3) is 2.17. The monoisotopic (exact) mass is 154 g/mol. The number of nitrogens with one attached hydrogen (secondary N) is 1. The van der Waals surface area contributed by atoms with Crippen LogP contribution in [0, 0.1) is 5.92 Å². The van der Waals surface area contributed by atoms with Gasteiger partial charge in [-0.2, -0.15) is 0 Å². The van der Waals surface area contributed by atoms with Crippen LogP contribution >= 0.6 is 0 Å². The van der Waals surface area contributed by atoms with Crippen LogP contribution in [0.4, 0.5) is 0 Å². The summed E-state index contributed by atoms with van der Waals surface area (Å²) < 4.78 is 0. The smallest absolute Gasteiger partial charge is 0.0167 e. The van der Waals surface area contributed by atoms with Crippen LogP contribution in [0.3, 0.4) is 0 Å². The Morgan fingerprint density at radius 3 is 2.91 bits per heavy atom. The van der Waals surface area contributed by atoms with Crippen LogP contribution in [0.2, 0.25) is 0 Å². The van der Waals surface area contributed by atoms with Gasteiger partial charge in [-0.05, 0) is 25.7 Å². The maximum Gasteiger partial charge on any atom is 0.0167 e. The summed E-state index contributed by atoms with van der Waals surface area (Å²) in [6.45, 7) is 7.36. The van der Waals surface area contributed by atoms with E-state index in [1.54, 1.807) is 0 Å². The average molecular weight is 154 g/mol. The molecule has 0 radical (unpaired) electrons. The molecule has 1 unspecified atom stereocenters. The number of hydrogen-bond donors (Lipinski definition) is 1. The zero-order valence-electron chi connectivity index (χ0n) is 7.34. The fourth-order valence-electron chi connectivity index (χ4n) is 1.84. The van der Waals surface area contributed by atoms with Crippen LogP contribution in [0.1, 0.15) is 19.8 Å². The molecule has 1 saturated carbocycles. The van der Waals surface area contributed by atoms with E-state index in [2.05, 4.69) is 17.1 Å². The van der Waals surface area contributed by atoms with Crippen molar-refractivity contribution in [2.45, 2.75) is 25.8 Å². The van der Waals surface area contributed by atoms with E-state index in [-0.39, 0.29) is 0 Å². The van der Waals surface area contributed by atoms with Crippen molar-refractivity contribution in [3.8, 4) is 0 Å². The van der Waals surface area contributed by atoms with Crippen molar-refractivity contribution >= 4 is 0 Å². The first kappa shape index (κ1) is 7.56. The summed E-state index contributed by atoms with van der Waals surface area (Å²) in [4.78, 5) is 2.61. The summed E-state index contributed by atoms with van der Waals surface area (Å²) in [6.07, 6.45) is 2.97. The first-order valence-electron chi connectivity index (χ1n) is 4.80. The Hall–Kier alpha value is -0.0800. The van der Waals surface area contributed by atoms with E-state index >= 15 is 0 Å². The largest absolute Gasteiger partial charge is 0.312 e. The van der Waals surface area contributed by atoms with E-state index in [0.717, 1.165) is 5.92 Å². The van der Waals surface area contributed by atoms with Gasteiger partial charge in [-0.1, -0.05) is 0 Å². The minimum absolute atomic E-state index is 0.711. The van der Waals surface area contributed by atoms with Gasteiger partial charge in [0.15, 0.2) is 0 Å². The zero-order valence-corrected chi connectivity index (χ0v) is 7.34. The van der Waals surface area contributed by atoms with E-state index in [1.807, 2.05) is 0 Å². The summed E-state index contributed by atoms with van der Waals surface area (Å²) in [5, 5.41) is 3.46. The molecule has 1 heterocycles. The second-order valence-corrected chi connectivity index (χ2v) is 4.06. The SMILES string of the molecule is CC1CN(CC2CC2)CCN1. The molecule has 2 nitrogen and oxygen atoms in total. The minimum atomic E-state index is 0.711. The normalized spacial score (nSPS) is 34.1. The van der Waals surface area contributed by atoms with Crippen LogP contribution in [0.25, 0.3) is 0 Å². The van der Waals surface area contributed by atoms with Crippen molar-refractivity contribution in [3.63, 3.8) is 0 Å². The number of nitrogens with zero attached hydrogens (tertiary/aromatic N) is 1. The molecule has 64 valence electrons. The van der Waals surface area contributed by atoms with E-state index in [1.165, 1.54) is 39.0 Å². The fourth-order valence-corrected chi connectivity index (χ4v) is 1.84. The summed E-state index contributed by atoms with van der Waals surface area (Å²) >= 11 is 0. The summed E-state index contributed by atoms with van der Waals surface area (Å²) in [7, 11) is 0. The van der Waals surface area contributed by atoms with Crippen molar-refractivity contribution < 1.29 is 0 Å². The third-order valence-electron chi connectivity index (χ3n) is 2.67. The van der Waals surface area contributed by atoms with Crippen LogP contribution in [0.15, 0.2) is 0 Å². The average Bonchev–Trinajstić information content (AvgIpc) is 2.71. The van der Waals surface area contributed by atoms with Crippen molar-refractivity contribution in [1.82, 2.24) is 10.2 Å². The van der Waals surface area contributed by atoms with Gasteiger partial charge in [0, 0.05) is 32.2 Å². The molecule has 11 heavy (non-hydrogen) atoms. The Bertz CT molecular complexity index is 130. The maximum absolute atomic E-state index is 3.46. The molecule has 2 rings (SSSR count). The van der Waals surface area contributed by atoms with Crippen LogP contribution in [-0.2, 0) is 0 Å². The highest BCUT2D eigenvalue weighted by Crippen LogP contribution is 2.29. The van der Waals surface area contributed by atoms with Gasteiger partial charge in [-0.3, -0.25) is 0 Å². The Balaban J connectivity index is 1.73. The molecular weight excluding hydrogens is 136 g/mol. The highest BCUT2D eigenvalue weighted by Gasteiger charge is 2.25. The van der Waals surface area contributed by atoms with E-state index < -0.39 is 0 Å². The predicted molar refractivity (Wildman–Crippen MR) is 46.6 cm³/mol. The van der Waals surface area contributed by atoms with Crippen molar-refractivity contribution in [3.05, 3.63) is 0 Å². The highest BCUT2D eigenvalue weighted by atomic mass is 15.2. The first-order chi connectivity index (χ1) is 5.34. The van der Waals surface area contributed by atoms with E-state index in [4.69, 9.17) is 0 Å². The van der Waals surface area contributed by atoms with Crippen LogP contribution in [-0.4, -0.2) is 37.1 Å². The van der Waals surface area contributed by atoms with Crippen LogP contribution < -0.4 is 5.32 Å². The molecule has 2 aliphatic rings. The van der Waals surface area contributed by atoms with Gasteiger partial charge in [0.05, 0.1) is 0 Å². The van der Waals surface area contributed by atoms with Gasteiger partial charge in [-0.25, -0.2) is 0 Å². The predicted octanol–water partition coefficient (Wildman–Crippen LogP) is 0.690. The molecule has 1 aliphatic carbocycles. The van der Waals surface area contributed by atoms with E-state index in [0.29, 0.717) is 6.04 Å². The minimum Gasteiger partial charge on any atom is -0.312 e. The number of hydrogen-bond acceptors (Lipinski definition) is 2. The van der Waals surface area contributed by atoms with Crippen molar-refractivity contribution in [2.75, 3.05) is 26.2 Å². The van der Waals surface area contributed by atoms with Gasteiger partial charge in [-0.15, -0.1) is 0 Å². The molecule has 0 amide bonds. The Kier molecular flexibility index (Phi) is 2.14. The lowest BCUT2D eigenvalue weighted by atomic mass is 10.2. The summed E-state index contributed by atoms with van der Waals surface area (Å²) in [5.74, 6) is 1.06. The standard InChI is InChI=1S/C9H18N2/c1-8-6-11(5-4-10-8)7-9-2-3-9/h8-10H,2-7H2,1H3. The zero-order chi connectivity index (χ0) is 7.68. The lowest BCUT2D eigenvalue weighted by Gasteiger charge is -2.31. The van der Waals surface area contributed by atoms with Crippen molar-refractivity contribution in [2.24, 2.45) is 5.92 Å². The summed E-state index contributed by atoms with van der Waals surface area (Å²) in [6, 6.07) is 0.711. The molecule has 0 aromatic carbocycles. The molecule has 0 aromatic heterocycles. The first-order valence-corrected chi connectivity index (χ1v) is 4.80. The fraction of sp³-hybridized carbons (Fsp3) is 1.00.